The van der Waals surface area contributed by atoms with Crippen LogP contribution >= 0.6 is 0 Å². The molecule has 0 unspecified atom stereocenters. The van der Waals surface area contributed by atoms with E-state index in [0.29, 0.717) is 0 Å². The lowest BCUT2D eigenvalue weighted by atomic mass is 10.3. The number of hydrogen-bond donors (Lipinski definition) is 1. The Kier molecular flexibility index (Phi) is 3.46. The number of likely N-dealkylation sites (N-methyl/N-ethyl adjacent to an activating group) is 1. The SMILES string of the molecule is CN(CC(=O)O)C(=O)c1cc([N+](=O)[O-])cn1C. The number of aromatic nitrogens is 1. The maximum absolute atomic E-state index is 11.8. The monoisotopic (exact) mass is 241 g/mol. The van der Waals surface area contributed by atoms with Crippen LogP contribution in [0.25, 0.3) is 0 Å². The lowest BCUT2D eigenvalue weighted by Crippen LogP contribution is -2.32. The first-order chi connectivity index (χ1) is 7.82. The summed E-state index contributed by atoms with van der Waals surface area (Å²) >= 11 is 0. The van der Waals surface area contributed by atoms with E-state index in [-0.39, 0.29) is 11.4 Å². The molecule has 1 aromatic rings. The van der Waals surface area contributed by atoms with Crippen molar-refractivity contribution in [1.82, 2.24) is 9.47 Å². The van der Waals surface area contributed by atoms with Crippen LogP contribution in [0.3, 0.4) is 0 Å². The van der Waals surface area contributed by atoms with E-state index in [9.17, 15) is 19.7 Å². The van der Waals surface area contributed by atoms with Crippen LogP contribution in [0.2, 0.25) is 0 Å². The van der Waals surface area contributed by atoms with Gasteiger partial charge in [-0.05, 0) is 0 Å². The third-order valence-electron chi connectivity index (χ3n) is 2.14. The summed E-state index contributed by atoms with van der Waals surface area (Å²) in [4.78, 5) is 33.1. The molecule has 0 aromatic carbocycles. The van der Waals surface area contributed by atoms with Gasteiger partial charge >= 0.3 is 5.97 Å². The minimum absolute atomic E-state index is 0.0699. The fourth-order valence-electron chi connectivity index (χ4n) is 1.33. The molecule has 92 valence electrons. The number of carboxylic acids is 1. The molecule has 8 nitrogen and oxygen atoms in total. The molecule has 0 atom stereocenters. The fourth-order valence-corrected chi connectivity index (χ4v) is 1.33. The third-order valence-corrected chi connectivity index (χ3v) is 2.14. The Labute approximate surface area is 96.2 Å². The van der Waals surface area contributed by atoms with Crippen LogP contribution in [0.15, 0.2) is 12.3 Å². The average molecular weight is 241 g/mol. The number of aliphatic carboxylic acids is 1. The van der Waals surface area contributed by atoms with E-state index < -0.39 is 23.3 Å². The predicted molar refractivity (Wildman–Crippen MR) is 56.7 cm³/mol. The number of aryl methyl sites for hydroxylation is 1. The van der Waals surface area contributed by atoms with Crippen molar-refractivity contribution >= 4 is 17.6 Å². The van der Waals surface area contributed by atoms with Crippen molar-refractivity contribution in [3.63, 3.8) is 0 Å². The van der Waals surface area contributed by atoms with Gasteiger partial charge in [-0.25, -0.2) is 0 Å². The molecule has 0 radical (unpaired) electrons. The van der Waals surface area contributed by atoms with Crippen molar-refractivity contribution < 1.29 is 19.6 Å². The Morgan fingerprint density at radius 3 is 2.59 bits per heavy atom. The van der Waals surface area contributed by atoms with E-state index in [4.69, 9.17) is 5.11 Å². The molecule has 0 aliphatic heterocycles. The molecule has 17 heavy (non-hydrogen) atoms. The third kappa shape index (κ3) is 2.80. The van der Waals surface area contributed by atoms with Crippen LogP contribution in [-0.2, 0) is 11.8 Å². The molecular formula is C9H11N3O5. The predicted octanol–water partition coefficient (Wildman–Crippen LogP) is 0.0899. The van der Waals surface area contributed by atoms with Gasteiger partial charge in [0.15, 0.2) is 0 Å². The van der Waals surface area contributed by atoms with E-state index in [1.807, 2.05) is 0 Å². The van der Waals surface area contributed by atoms with Gasteiger partial charge in [0.25, 0.3) is 11.6 Å². The van der Waals surface area contributed by atoms with Gasteiger partial charge < -0.3 is 14.6 Å². The van der Waals surface area contributed by atoms with Crippen LogP contribution in [0.4, 0.5) is 5.69 Å². The van der Waals surface area contributed by atoms with Crippen molar-refractivity contribution in [2.45, 2.75) is 0 Å². The Hall–Kier alpha value is -2.38. The Bertz CT molecular complexity index is 479. The maximum Gasteiger partial charge on any atom is 0.323 e. The van der Waals surface area contributed by atoms with Gasteiger partial charge in [-0.1, -0.05) is 0 Å². The van der Waals surface area contributed by atoms with Gasteiger partial charge in [-0.3, -0.25) is 19.7 Å². The van der Waals surface area contributed by atoms with Gasteiger partial charge in [-0.2, -0.15) is 0 Å². The highest BCUT2D eigenvalue weighted by atomic mass is 16.6. The number of amides is 1. The first kappa shape index (κ1) is 12.7. The van der Waals surface area contributed by atoms with Crippen LogP contribution < -0.4 is 0 Å². The van der Waals surface area contributed by atoms with Crippen molar-refractivity contribution in [3.8, 4) is 0 Å². The summed E-state index contributed by atoms with van der Waals surface area (Å²) in [5, 5.41) is 19.0. The number of hydrogen-bond acceptors (Lipinski definition) is 4. The molecule has 1 rings (SSSR count). The second-order valence-electron chi connectivity index (χ2n) is 3.51. The Balaban J connectivity index is 2.96. The number of carbonyl (C=O) groups excluding carboxylic acids is 1. The van der Waals surface area contributed by atoms with E-state index >= 15 is 0 Å². The van der Waals surface area contributed by atoms with E-state index in [1.54, 1.807) is 0 Å². The van der Waals surface area contributed by atoms with Gasteiger partial charge in [0.1, 0.15) is 12.2 Å². The lowest BCUT2D eigenvalue weighted by molar-refractivity contribution is -0.384. The molecule has 0 saturated carbocycles. The summed E-state index contributed by atoms with van der Waals surface area (Å²) in [6.07, 6.45) is 1.20. The molecule has 1 N–H and O–H groups in total. The Morgan fingerprint density at radius 1 is 1.59 bits per heavy atom. The summed E-state index contributed by atoms with van der Waals surface area (Å²) in [5.41, 5.74) is -0.139. The fraction of sp³-hybridized carbons (Fsp3) is 0.333. The van der Waals surface area contributed by atoms with E-state index in [1.165, 1.54) is 24.9 Å². The van der Waals surface area contributed by atoms with Crippen LogP contribution in [-0.4, -0.2) is 45.0 Å². The quantitative estimate of drug-likeness (QED) is 0.594. The highest BCUT2D eigenvalue weighted by Crippen LogP contribution is 2.16. The van der Waals surface area contributed by atoms with Crippen LogP contribution in [0.1, 0.15) is 10.5 Å². The molecule has 1 aromatic heterocycles. The second kappa shape index (κ2) is 4.64. The zero-order chi connectivity index (χ0) is 13.2. The minimum Gasteiger partial charge on any atom is -0.480 e. The maximum atomic E-state index is 11.8. The smallest absolute Gasteiger partial charge is 0.323 e. The number of carbonyl (C=O) groups is 2. The van der Waals surface area contributed by atoms with Crippen molar-refractivity contribution in [2.24, 2.45) is 7.05 Å². The van der Waals surface area contributed by atoms with Crippen molar-refractivity contribution in [2.75, 3.05) is 13.6 Å². The van der Waals surface area contributed by atoms with Gasteiger partial charge in [0.2, 0.25) is 0 Å². The first-order valence-electron chi connectivity index (χ1n) is 4.61. The summed E-state index contributed by atoms with van der Waals surface area (Å²) < 4.78 is 1.29. The van der Waals surface area contributed by atoms with Crippen LogP contribution in [0, 0.1) is 10.1 Å². The molecule has 0 saturated heterocycles. The topological polar surface area (TPSA) is 106 Å². The molecule has 0 aliphatic rings. The average Bonchev–Trinajstić information content (AvgIpc) is 2.58. The molecule has 0 fully saturated rings. The normalized spacial score (nSPS) is 10.0. The molecule has 0 spiro atoms. The number of rotatable bonds is 4. The summed E-state index contributed by atoms with van der Waals surface area (Å²) in [5.74, 6) is -1.73. The number of carboxylic acid groups (broad SMARTS) is 1. The van der Waals surface area contributed by atoms with Crippen LogP contribution in [0.5, 0.6) is 0 Å². The summed E-state index contributed by atoms with van der Waals surface area (Å²) in [6.45, 7) is -0.461. The van der Waals surface area contributed by atoms with Gasteiger partial charge in [0.05, 0.1) is 11.1 Å². The molecular weight excluding hydrogens is 230 g/mol. The zero-order valence-electron chi connectivity index (χ0n) is 9.28. The molecule has 8 heteroatoms. The van der Waals surface area contributed by atoms with E-state index in [0.717, 1.165) is 11.0 Å². The molecule has 0 aliphatic carbocycles. The number of nitro groups is 1. The summed E-state index contributed by atoms with van der Waals surface area (Å²) in [6, 6.07) is 1.11. The second-order valence-corrected chi connectivity index (χ2v) is 3.51. The largest absolute Gasteiger partial charge is 0.480 e. The number of nitrogens with zero attached hydrogens (tertiary/aromatic N) is 3. The molecule has 1 amide bonds. The lowest BCUT2D eigenvalue weighted by Gasteiger charge is -2.14. The minimum atomic E-state index is -1.15. The molecule has 0 bridgehead atoms. The summed E-state index contributed by atoms with van der Waals surface area (Å²) in [7, 11) is 2.80. The highest BCUT2D eigenvalue weighted by molar-refractivity contribution is 5.95. The van der Waals surface area contributed by atoms with E-state index in [2.05, 4.69) is 0 Å². The van der Waals surface area contributed by atoms with Crippen molar-refractivity contribution in [3.05, 3.63) is 28.1 Å². The first-order valence-corrected chi connectivity index (χ1v) is 4.61. The van der Waals surface area contributed by atoms with Crippen molar-refractivity contribution in [1.29, 1.82) is 0 Å². The van der Waals surface area contributed by atoms with Gasteiger partial charge in [0, 0.05) is 20.2 Å². The highest BCUT2D eigenvalue weighted by Gasteiger charge is 2.21. The Morgan fingerprint density at radius 2 is 2.18 bits per heavy atom. The van der Waals surface area contributed by atoms with Gasteiger partial charge in [-0.15, -0.1) is 0 Å². The standard InChI is InChI=1S/C9H11N3O5/c1-10-4-6(12(16)17)3-7(10)9(15)11(2)5-8(13)14/h3-4H,5H2,1-2H3,(H,13,14). The molecule has 1 heterocycles. The zero-order valence-corrected chi connectivity index (χ0v) is 9.28.